The van der Waals surface area contributed by atoms with Crippen LogP contribution < -0.4 is 10.9 Å². The van der Waals surface area contributed by atoms with Crippen LogP contribution in [0.5, 0.6) is 0 Å². The number of fused-ring (bicyclic) bond motifs is 3. The fourth-order valence-corrected chi connectivity index (χ4v) is 4.38. The van der Waals surface area contributed by atoms with Gasteiger partial charge in [0.15, 0.2) is 0 Å². The number of hydrogen-bond acceptors (Lipinski definition) is 4. The molecule has 2 aromatic heterocycles. The van der Waals surface area contributed by atoms with Crippen molar-refractivity contribution in [1.82, 2.24) is 14.9 Å². The SMILES string of the molecule is C[C@H](c1ccc(Cl)cc1)n1cnc2sc3c(c2c1=O)CCNC3. The summed E-state index contributed by atoms with van der Waals surface area (Å²) in [6, 6.07) is 7.53. The minimum Gasteiger partial charge on any atom is -0.312 e. The Hall–Kier alpha value is -1.69. The van der Waals surface area contributed by atoms with E-state index in [1.54, 1.807) is 22.2 Å². The minimum atomic E-state index is -0.0751. The molecule has 0 bridgehead atoms. The first-order valence-corrected chi connectivity index (χ1v) is 8.82. The van der Waals surface area contributed by atoms with Crippen LogP contribution in [0.15, 0.2) is 35.4 Å². The van der Waals surface area contributed by atoms with E-state index in [0.717, 1.165) is 35.3 Å². The Morgan fingerprint density at radius 1 is 1.35 bits per heavy atom. The Kier molecular flexibility index (Phi) is 3.71. The van der Waals surface area contributed by atoms with Gasteiger partial charge in [0, 0.05) is 16.4 Å². The summed E-state index contributed by atoms with van der Waals surface area (Å²) in [7, 11) is 0. The molecule has 0 unspecified atom stereocenters. The molecular formula is C17H16ClN3OS. The summed E-state index contributed by atoms with van der Waals surface area (Å²) >= 11 is 7.58. The number of rotatable bonds is 2. The summed E-state index contributed by atoms with van der Waals surface area (Å²) < 4.78 is 1.72. The molecule has 1 atom stereocenters. The molecule has 0 amide bonds. The minimum absolute atomic E-state index is 0.0526. The molecule has 0 aliphatic carbocycles. The van der Waals surface area contributed by atoms with Crippen molar-refractivity contribution < 1.29 is 0 Å². The average molecular weight is 346 g/mol. The third kappa shape index (κ3) is 2.49. The lowest BCUT2D eigenvalue weighted by atomic mass is 10.1. The topological polar surface area (TPSA) is 46.9 Å². The van der Waals surface area contributed by atoms with E-state index in [0.29, 0.717) is 5.02 Å². The molecule has 1 aliphatic heterocycles. The van der Waals surface area contributed by atoms with E-state index < -0.39 is 0 Å². The first kappa shape index (κ1) is 14.9. The van der Waals surface area contributed by atoms with Crippen LogP contribution in [0.25, 0.3) is 10.2 Å². The molecule has 4 rings (SSSR count). The highest BCUT2D eigenvalue weighted by Crippen LogP contribution is 2.30. The van der Waals surface area contributed by atoms with E-state index >= 15 is 0 Å². The van der Waals surface area contributed by atoms with Crippen molar-refractivity contribution in [3.63, 3.8) is 0 Å². The van der Waals surface area contributed by atoms with E-state index in [2.05, 4.69) is 10.3 Å². The van der Waals surface area contributed by atoms with Crippen LogP contribution in [-0.4, -0.2) is 16.1 Å². The zero-order valence-electron chi connectivity index (χ0n) is 12.7. The molecule has 4 nitrogen and oxygen atoms in total. The molecule has 0 saturated heterocycles. The number of nitrogens with zero attached hydrogens (tertiary/aromatic N) is 2. The van der Waals surface area contributed by atoms with Gasteiger partial charge in [0.2, 0.25) is 0 Å². The van der Waals surface area contributed by atoms with E-state index in [1.165, 1.54) is 10.4 Å². The van der Waals surface area contributed by atoms with Crippen LogP contribution in [0.3, 0.4) is 0 Å². The summed E-state index contributed by atoms with van der Waals surface area (Å²) in [5, 5.41) is 4.85. The fraction of sp³-hybridized carbons (Fsp3) is 0.294. The molecule has 0 fully saturated rings. The molecule has 0 spiro atoms. The van der Waals surface area contributed by atoms with Gasteiger partial charge in [-0.3, -0.25) is 9.36 Å². The number of nitrogens with one attached hydrogen (secondary N) is 1. The van der Waals surface area contributed by atoms with Gasteiger partial charge >= 0.3 is 0 Å². The molecule has 3 heterocycles. The van der Waals surface area contributed by atoms with Gasteiger partial charge in [0.1, 0.15) is 4.83 Å². The molecule has 0 saturated carbocycles. The molecular weight excluding hydrogens is 330 g/mol. The van der Waals surface area contributed by atoms with Crippen LogP contribution in [0.2, 0.25) is 5.02 Å². The fourth-order valence-electron chi connectivity index (χ4n) is 3.11. The second-order valence-corrected chi connectivity index (χ2v) is 7.32. The zero-order chi connectivity index (χ0) is 16.0. The molecule has 1 N–H and O–H groups in total. The standard InChI is InChI=1S/C17H16ClN3OS/c1-10(11-2-4-12(18)5-3-11)21-9-20-16-15(17(21)22)13-6-7-19-8-14(13)23-16/h2-5,9-10,19H,6-8H2,1H3/t10-/m1/s1. The Morgan fingerprint density at radius 2 is 2.13 bits per heavy atom. The van der Waals surface area contributed by atoms with Crippen LogP contribution in [0.1, 0.15) is 29.0 Å². The maximum absolute atomic E-state index is 13.0. The molecule has 0 radical (unpaired) electrons. The molecule has 6 heteroatoms. The number of hydrogen-bond donors (Lipinski definition) is 1. The van der Waals surface area contributed by atoms with Gasteiger partial charge in [-0.2, -0.15) is 0 Å². The quantitative estimate of drug-likeness (QED) is 0.774. The predicted octanol–water partition coefficient (Wildman–Crippen LogP) is 3.37. The van der Waals surface area contributed by atoms with Gasteiger partial charge in [-0.25, -0.2) is 4.98 Å². The van der Waals surface area contributed by atoms with Crippen molar-refractivity contribution in [3.05, 3.63) is 62.0 Å². The molecule has 1 aliphatic rings. The number of benzene rings is 1. The van der Waals surface area contributed by atoms with Crippen molar-refractivity contribution in [2.24, 2.45) is 0 Å². The predicted molar refractivity (Wildman–Crippen MR) is 94.6 cm³/mol. The smallest absolute Gasteiger partial charge is 0.262 e. The third-order valence-electron chi connectivity index (χ3n) is 4.43. The summed E-state index contributed by atoms with van der Waals surface area (Å²) in [5.74, 6) is 0. The van der Waals surface area contributed by atoms with Crippen molar-refractivity contribution >= 4 is 33.2 Å². The van der Waals surface area contributed by atoms with Gasteiger partial charge in [-0.05, 0) is 43.1 Å². The largest absolute Gasteiger partial charge is 0.312 e. The van der Waals surface area contributed by atoms with E-state index in [-0.39, 0.29) is 11.6 Å². The lowest BCUT2D eigenvalue weighted by molar-refractivity contribution is 0.608. The summed E-state index contributed by atoms with van der Waals surface area (Å²) in [6.45, 7) is 3.76. The molecule has 1 aromatic carbocycles. The maximum atomic E-state index is 13.0. The number of halogens is 1. The van der Waals surface area contributed by atoms with Crippen molar-refractivity contribution in [2.45, 2.75) is 25.9 Å². The van der Waals surface area contributed by atoms with Gasteiger partial charge in [-0.1, -0.05) is 23.7 Å². The van der Waals surface area contributed by atoms with Crippen molar-refractivity contribution in [1.29, 1.82) is 0 Å². The summed E-state index contributed by atoms with van der Waals surface area (Å²) in [4.78, 5) is 19.7. The van der Waals surface area contributed by atoms with Crippen LogP contribution in [0, 0.1) is 0 Å². The molecule has 118 valence electrons. The zero-order valence-corrected chi connectivity index (χ0v) is 14.2. The molecule has 3 aromatic rings. The average Bonchev–Trinajstić information content (AvgIpc) is 2.94. The highest BCUT2D eigenvalue weighted by Gasteiger charge is 2.21. The normalized spacial score (nSPS) is 15.6. The van der Waals surface area contributed by atoms with Crippen LogP contribution in [0.4, 0.5) is 0 Å². The third-order valence-corrected chi connectivity index (χ3v) is 5.82. The highest BCUT2D eigenvalue weighted by atomic mass is 35.5. The Balaban J connectivity index is 1.86. The Labute approximate surface area is 142 Å². The van der Waals surface area contributed by atoms with E-state index in [9.17, 15) is 4.79 Å². The Morgan fingerprint density at radius 3 is 2.91 bits per heavy atom. The van der Waals surface area contributed by atoms with E-state index in [1.807, 2.05) is 31.2 Å². The monoisotopic (exact) mass is 345 g/mol. The van der Waals surface area contributed by atoms with Crippen LogP contribution in [-0.2, 0) is 13.0 Å². The first-order valence-electron chi connectivity index (χ1n) is 7.62. The maximum Gasteiger partial charge on any atom is 0.262 e. The number of thiophene rings is 1. The van der Waals surface area contributed by atoms with E-state index in [4.69, 9.17) is 11.6 Å². The summed E-state index contributed by atoms with van der Waals surface area (Å²) in [6.07, 6.45) is 2.56. The van der Waals surface area contributed by atoms with Gasteiger partial charge in [-0.15, -0.1) is 11.3 Å². The second-order valence-electron chi connectivity index (χ2n) is 5.80. The number of aromatic nitrogens is 2. The lowest BCUT2D eigenvalue weighted by Gasteiger charge is -2.16. The van der Waals surface area contributed by atoms with Gasteiger partial charge < -0.3 is 5.32 Å². The lowest BCUT2D eigenvalue weighted by Crippen LogP contribution is -2.26. The Bertz CT molecular complexity index is 929. The van der Waals surface area contributed by atoms with Gasteiger partial charge in [0.05, 0.1) is 17.8 Å². The second kappa shape index (κ2) is 5.74. The highest BCUT2D eigenvalue weighted by molar-refractivity contribution is 7.18. The molecule has 23 heavy (non-hydrogen) atoms. The van der Waals surface area contributed by atoms with Gasteiger partial charge in [0.25, 0.3) is 5.56 Å². The van der Waals surface area contributed by atoms with Crippen molar-refractivity contribution in [2.75, 3.05) is 6.54 Å². The van der Waals surface area contributed by atoms with Crippen molar-refractivity contribution in [3.8, 4) is 0 Å². The first-order chi connectivity index (χ1) is 11.1. The van der Waals surface area contributed by atoms with Crippen LogP contribution >= 0.6 is 22.9 Å². The summed E-state index contributed by atoms with van der Waals surface area (Å²) in [5.41, 5.74) is 2.28.